The van der Waals surface area contributed by atoms with E-state index in [-0.39, 0.29) is 49.8 Å². The fraction of sp³-hybridized carbons (Fsp3) is 0.0899. The van der Waals surface area contributed by atoms with Crippen LogP contribution in [-0.4, -0.2) is 161 Å². The Morgan fingerprint density at radius 3 is 1.08 bits per heavy atom. The smallest absolute Gasteiger partial charge is 0.245 e. The number of rotatable bonds is 20. The van der Waals surface area contributed by atoms with Gasteiger partial charge in [0.1, 0.15) is 67.1 Å². The van der Waals surface area contributed by atoms with Gasteiger partial charge in [0, 0.05) is 224 Å². The molecule has 0 atom stereocenters. The van der Waals surface area contributed by atoms with E-state index < -0.39 is 0 Å². The lowest BCUT2D eigenvalue weighted by atomic mass is 10.1. The fourth-order valence-electron chi connectivity index (χ4n) is 13.9. The van der Waals surface area contributed by atoms with Gasteiger partial charge in [0.05, 0.1) is 98.8 Å². The number of carbonyl (C=O) groups excluding carboxylic acids is 4. The molecule has 0 aliphatic rings. The number of hydrogen-bond donors (Lipinski definition) is 4. The Morgan fingerprint density at radius 2 is 0.672 bits per heavy atom. The lowest BCUT2D eigenvalue weighted by Gasteiger charge is -2.08. The van der Waals surface area contributed by atoms with Crippen LogP contribution in [0.4, 0.5) is 23.3 Å². The van der Waals surface area contributed by atoms with Crippen LogP contribution in [0.3, 0.4) is 0 Å². The molecule has 20 heterocycles. The summed E-state index contributed by atoms with van der Waals surface area (Å²) in [6.45, 7) is 2.52. The highest BCUT2D eigenvalue weighted by Gasteiger charge is 2.20. The van der Waals surface area contributed by atoms with Crippen LogP contribution in [0.5, 0.6) is 0 Å². The summed E-state index contributed by atoms with van der Waals surface area (Å²) in [5, 5.41) is 27.8. The molecule has 0 fully saturated rings. The molecular weight excluding hydrogens is 1580 g/mol. The molecule has 36 nitrogen and oxygen atoms in total. The van der Waals surface area contributed by atoms with Gasteiger partial charge in [0.15, 0.2) is 0 Å². The zero-order chi connectivity index (χ0) is 85.5. The lowest BCUT2D eigenvalue weighted by Crippen LogP contribution is -2.19. The predicted molar refractivity (Wildman–Crippen MR) is 467 cm³/mol. The highest BCUT2D eigenvalue weighted by molar-refractivity contribution is 5.99. The summed E-state index contributed by atoms with van der Waals surface area (Å²) in [5.74, 6) is 1.17. The minimum absolute atomic E-state index is 0.0962. The average Bonchev–Trinajstić information content (AvgIpc) is 1.66. The number of carbonyl (C=O) groups is 4. The number of anilines is 4. The van der Waals surface area contributed by atoms with Crippen LogP contribution in [0.1, 0.15) is 5.69 Å². The van der Waals surface area contributed by atoms with E-state index in [0.29, 0.717) is 28.9 Å². The number of pyridine rings is 8. The maximum Gasteiger partial charge on any atom is 0.245 e. The summed E-state index contributed by atoms with van der Waals surface area (Å²) < 4.78 is 12.8. The Kier molecular flexibility index (Phi) is 23.4. The summed E-state index contributed by atoms with van der Waals surface area (Å²) in [7, 11) is 5.63. The Bertz CT molecular complexity index is 6670. The largest absolute Gasteiger partial charge is 0.338 e. The second kappa shape index (κ2) is 36.6. The van der Waals surface area contributed by atoms with E-state index in [4.69, 9.17) is 0 Å². The third-order valence-electron chi connectivity index (χ3n) is 19.9. The molecular formula is C89H72N32O4. The standard InChI is InChI=1S/C24H19N7O.2C22H18N8O.C21H17N9O/c1-16-12-17(4-7-26-16)24-19-6-11-31(21(19)5-8-28-24)15-23(32)30-22-3-2-18(13-29-22)20-14-25-9-10-27-20;1-29-19(5-8-27-29)22-16-6-11-30(18(16)4-7-25-22)14-21(31)28-20-3-2-15(12-26-20)17-13-23-9-10-24-17;1-29-19(4-6-27-29)17-11-24-13-20-16(17)5-9-30(20)14-22(31)28-21-3-2-15(10-26-21)18-12-23-7-8-25-18;1-29-17(4-6-27-29)20-15-5-9-30(21(15)26-13-25-20)12-19(31)28-18-3-2-14(10-24-18)16-11-22-7-8-23-16/h2-14H,15H2,1H3,(H,29,30,32);2*2-13H,14H2,1H3,(H,26,28,31);2-11,13H,12H2,1H3,(H,24,28,31). The topological polar surface area (TPSA) is 422 Å². The summed E-state index contributed by atoms with van der Waals surface area (Å²) in [6, 6.07) is 35.7. The van der Waals surface area contributed by atoms with Crippen molar-refractivity contribution in [2.24, 2.45) is 21.1 Å². The van der Waals surface area contributed by atoms with Crippen molar-refractivity contribution in [1.29, 1.82) is 0 Å². The first-order valence-corrected chi connectivity index (χ1v) is 38.8. The number of hydrogen-bond acceptors (Lipinski definition) is 25. The van der Waals surface area contributed by atoms with E-state index in [0.717, 1.165) is 134 Å². The van der Waals surface area contributed by atoms with E-state index in [1.807, 2.05) is 164 Å². The second-order valence-electron chi connectivity index (χ2n) is 28.0. The number of nitrogens with one attached hydrogen (secondary N) is 4. The van der Waals surface area contributed by atoms with Gasteiger partial charge in [-0.3, -0.25) is 93.0 Å². The predicted octanol–water partition coefficient (Wildman–Crippen LogP) is 12.1. The molecule has 20 rings (SSSR count). The third kappa shape index (κ3) is 18.4. The summed E-state index contributed by atoms with van der Waals surface area (Å²) >= 11 is 0. The highest BCUT2D eigenvalue weighted by atomic mass is 16.2. The number of amides is 4. The van der Waals surface area contributed by atoms with Crippen LogP contribution in [0.15, 0.2) is 295 Å². The molecule has 4 N–H and O–H groups in total. The van der Waals surface area contributed by atoms with Gasteiger partial charge < -0.3 is 39.5 Å². The Balaban J connectivity index is 0.000000118. The van der Waals surface area contributed by atoms with Crippen molar-refractivity contribution in [3.8, 4) is 90.3 Å². The van der Waals surface area contributed by atoms with Crippen LogP contribution in [0.2, 0.25) is 0 Å². The number of fused-ring (bicyclic) bond motifs is 4. The summed E-state index contributed by atoms with van der Waals surface area (Å²) in [4.78, 5) is 127. The van der Waals surface area contributed by atoms with Crippen LogP contribution >= 0.6 is 0 Å². The molecule has 0 saturated carbocycles. The monoisotopic (exact) mass is 1650 g/mol. The highest BCUT2D eigenvalue weighted by Crippen LogP contribution is 2.33. The molecule has 0 aromatic carbocycles. The minimum atomic E-state index is -0.210. The van der Waals surface area contributed by atoms with Gasteiger partial charge in [-0.25, -0.2) is 29.9 Å². The molecule has 0 aliphatic heterocycles. The van der Waals surface area contributed by atoms with Crippen molar-refractivity contribution in [3.05, 3.63) is 301 Å². The number of nitrogens with zero attached hydrogens (tertiary/aromatic N) is 28. The van der Waals surface area contributed by atoms with Crippen molar-refractivity contribution < 1.29 is 19.2 Å². The number of aromatic nitrogens is 28. The molecule has 0 aliphatic carbocycles. The minimum Gasteiger partial charge on any atom is -0.338 e. The molecule has 20 aromatic rings. The van der Waals surface area contributed by atoms with Crippen LogP contribution in [0.25, 0.3) is 134 Å². The van der Waals surface area contributed by atoms with Crippen molar-refractivity contribution in [3.63, 3.8) is 0 Å². The first kappa shape index (κ1) is 79.7. The lowest BCUT2D eigenvalue weighted by molar-refractivity contribution is -0.117. The number of aryl methyl sites for hydroxylation is 4. The van der Waals surface area contributed by atoms with Gasteiger partial charge in [0.2, 0.25) is 23.6 Å². The molecule has 0 saturated heterocycles. The van der Waals surface area contributed by atoms with Gasteiger partial charge in [-0.1, -0.05) is 0 Å². The van der Waals surface area contributed by atoms with Gasteiger partial charge in [0.25, 0.3) is 0 Å². The van der Waals surface area contributed by atoms with Gasteiger partial charge >= 0.3 is 0 Å². The van der Waals surface area contributed by atoms with E-state index >= 15 is 0 Å². The fourth-order valence-corrected chi connectivity index (χ4v) is 13.9. The Labute approximate surface area is 710 Å². The maximum atomic E-state index is 12.7. The average molecular weight is 1650 g/mol. The molecule has 4 amide bonds. The van der Waals surface area contributed by atoms with E-state index in [2.05, 4.69) is 126 Å². The molecule has 0 radical (unpaired) electrons. The Morgan fingerprint density at radius 1 is 0.288 bits per heavy atom. The Hall–Kier alpha value is -17.7. The van der Waals surface area contributed by atoms with Crippen molar-refractivity contribution in [1.82, 2.24) is 137 Å². The molecule has 36 heteroatoms. The van der Waals surface area contributed by atoms with Gasteiger partial charge in [-0.2, -0.15) is 15.3 Å². The SMILES string of the molecule is Cc1cc(-c2nccc3c2ccn3CC(=O)Nc2ccc(-c3cnccn3)cn2)ccn1.Cn1nccc1-c1cncc2c1ccn2CC(=O)Nc1ccc(-c2cnccn2)cn1.Cn1nccc1-c1nccc2c1ccn2CC(=O)Nc1ccc(-c2cnccn2)cn1.Cn1nccc1-c1ncnc2c1ccn2CC(=O)Nc1ccc(-c2cnccn2)cn1. The van der Waals surface area contributed by atoms with Crippen LogP contribution in [-0.2, 0) is 66.5 Å². The zero-order valence-corrected chi connectivity index (χ0v) is 67.2. The first-order valence-electron chi connectivity index (χ1n) is 38.8. The van der Waals surface area contributed by atoms with Crippen molar-refractivity contribution >= 4 is 90.6 Å². The maximum absolute atomic E-state index is 12.7. The molecule has 0 unspecified atom stereocenters. The van der Waals surface area contributed by atoms with Crippen LogP contribution in [0, 0.1) is 6.92 Å². The van der Waals surface area contributed by atoms with Crippen molar-refractivity contribution in [2.75, 3.05) is 21.3 Å². The van der Waals surface area contributed by atoms with Gasteiger partial charge in [-0.05, 0) is 122 Å². The summed E-state index contributed by atoms with van der Waals surface area (Å²) in [5.41, 5.74) is 17.7. The third-order valence-corrected chi connectivity index (χ3v) is 19.9. The van der Waals surface area contributed by atoms with Crippen molar-refractivity contribution in [2.45, 2.75) is 33.1 Å². The molecule has 612 valence electrons. The summed E-state index contributed by atoms with van der Waals surface area (Å²) in [6.07, 6.45) is 49.3. The molecule has 0 spiro atoms. The van der Waals surface area contributed by atoms with E-state index in [1.165, 1.54) is 6.33 Å². The van der Waals surface area contributed by atoms with E-state index in [1.54, 1.807) is 185 Å². The van der Waals surface area contributed by atoms with Gasteiger partial charge in [-0.15, -0.1) is 0 Å². The first-order chi connectivity index (χ1) is 61.2. The molecule has 125 heavy (non-hydrogen) atoms. The molecule has 0 bridgehead atoms. The van der Waals surface area contributed by atoms with Crippen LogP contribution < -0.4 is 21.3 Å². The quantitative estimate of drug-likeness (QED) is 0.0550. The second-order valence-corrected chi connectivity index (χ2v) is 28.0. The molecule has 20 aromatic heterocycles. The normalized spacial score (nSPS) is 11.0. The zero-order valence-electron chi connectivity index (χ0n) is 67.2. The van der Waals surface area contributed by atoms with E-state index in [9.17, 15) is 19.2 Å².